The quantitative estimate of drug-likeness (QED) is 0.187. The van der Waals surface area contributed by atoms with Crippen molar-refractivity contribution in [2.45, 2.75) is 57.2 Å². The fraction of sp³-hybridized carbons (Fsp3) is 0.308. The molecule has 0 aliphatic heterocycles. The van der Waals surface area contributed by atoms with Crippen molar-refractivity contribution in [2.24, 2.45) is 5.73 Å². The first kappa shape index (κ1) is 34.1. The van der Waals surface area contributed by atoms with Crippen LogP contribution in [0.25, 0.3) is 10.8 Å². The first-order valence-electron chi connectivity index (χ1n) is 15.8. The van der Waals surface area contributed by atoms with E-state index in [1.54, 1.807) is 20.2 Å². The molecular weight excluding hydrogens is 572 g/mol. The molecule has 3 amide bonds. The molecule has 0 saturated heterocycles. The summed E-state index contributed by atoms with van der Waals surface area (Å²) >= 11 is 0. The highest BCUT2D eigenvalue weighted by Crippen LogP contribution is 2.20. The van der Waals surface area contributed by atoms with Crippen LogP contribution in [0.1, 0.15) is 37.0 Å². The Bertz CT molecular complexity index is 1630. The van der Waals surface area contributed by atoms with Crippen molar-refractivity contribution >= 4 is 28.5 Å². The number of fused-ring (bicyclic) bond motifs is 1. The average molecular weight is 619 g/mol. The molecule has 0 unspecified atom stereocenters. The van der Waals surface area contributed by atoms with E-state index in [2.05, 4.69) is 11.4 Å². The van der Waals surface area contributed by atoms with Gasteiger partial charge in [0.05, 0.1) is 0 Å². The second kappa shape index (κ2) is 16.0. The van der Waals surface area contributed by atoms with Crippen LogP contribution < -0.4 is 11.1 Å². The molecule has 0 radical (unpaired) electrons. The van der Waals surface area contributed by atoms with Crippen LogP contribution in [0.15, 0.2) is 115 Å². The summed E-state index contributed by atoms with van der Waals surface area (Å²) in [6, 6.07) is 32.1. The summed E-state index contributed by atoms with van der Waals surface area (Å²) in [6.07, 6.45) is 5.05. The molecule has 0 bridgehead atoms. The molecule has 7 heteroatoms. The number of carbonyl (C=O) groups is 3. The van der Waals surface area contributed by atoms with Gasteiger partial charge in [0.15, 0.2) is 0 Å². The molecule has 3 N–H and O–H groups in total. The van der Waals surface area contributed by atoms with Gasteiger partial charge in [-0.1, -0.05) is 109 Å². The lowest BCUT2D eigenvalue weighted by molar-refractivity contribution is -0.146. The van der Waals surface area contributed by atoms with Crippen LogP contribution in [0, 0.1) is 0 Å². The molecule has 7 nitrogen and oxygen atoms in total. The Balaban J connectivity index is 1.61. The van der Waals surface area contributed by atoms with E-state index in [0.717, 1.165) is 27.5 Å². The maximum atomic E-state index is 14.4. The fourth-order valence-corrected chi connectivity index (χ4v) is 5.44. The molecule has 4 aromatic carbocycles. The molecule has 0 aliphatic carbocycles. The van der Waals surface area contributed by atoms with Gasteiger partial charge in [-0.2, -0.15) is 0 Å². The summed E-state index contributed by atoms with van der Waals surface area (Å²) < 4.78 is 0. The number of rotatable bonds is 14. The first-order valence-corrected chi connectivity index (χ1v) is 15.8. The van der Waals surface area contributed by atoms with Crippen LogP contribution in [-0.2, 0) is 33.6 Å². The van der Waals surface area contributed by atoms with E-state index in [4.69, 9.17) is 5.73 Å². The molecule has 2 atom stereocenters. The number of benzene rings is 4. The van der Waals surface area contributed by atoms with Gasteiger partial charge in [-0.15, -0.1) is 0 Å². The summed E-state index contributed by atoms with van der Waals surface area (Å²) in [7, 11) is 3.30. The van der Waals surface area contributed by atoms with Crippen molar-refractivity contribution in [3.63, 3.8) is 0 Å². The average Bonchev–Trinajstić information content (AvgIpc) is 3.05. The lowest BCUT2D eigenvalue weighted by Crippen LogP contribution is -2.56. The standard InChI is InChI=1S/C39H46N4O3/c1-39(2,40)24-13-20-36(44)42(3)35(28-31-21-22-32-18-11-12-19-33(32)26-31)38(46)43(4)34(27-30-16-9-6-10-17-30)37(45)41-25-23-29-14-7-5-8-15-29/h5-22,26,34-35H,23-25,27-28,40H2,1-4H3,(H,41,45)/t34-,35-/m1/s1. The molecule has 4 rings (SSSR count). The molecule has 240 valence electrons. The number of hydrogen-bond acceptors (Lipinski definition) is 4. The Kier molecular flexibility index (Phi) is 11.9. The van der Waals surface area contributed by atoms with E-state index in [-0.39, 0.29) is 17.7 Å². The van der Waals surface area contributed by atoms with Crippen LogP contribution >= 0.6 is 0 Å². The van der Waals surface area contributed by atoms with Gasteiger partial charge in [0.25, 0.3) is 0 Å². The van der Waals surface area contributed by atoms with E-state index in [0.29, 0.717) is 32.2 Å². The van der Waals surface area contributed by atoms with Crippen molar-refractivity contribution in [3.05, 3.63) is 132 Å². The maximum Gasteiger partial charge on any atom is 0.246 e. The van der Waals surface area contributed by atoms with E-state index in [1.807, 2.05) is 111 Å². The van der Waals surface area contributed by atoms with Crippen LogP contribution in [0.3, 0.4) is 0 Å². The minimum absolute atomic E-state index is 0.237. The Hall–Kier alpha value is -4.75. The normalized spacial score (nSPS) is 12.9. The molecule has 4 aromatic rings. The van der Waals surface area contributed by atoms with Gasteiger partial charge in [-0.05, 0) is 60.2 Å². The molecule has 0 aliphatic rings. The van der Waals surface area contributed by atoms with Crippen LogP contribution in [0.4, 0.5) is 0 Å². The zero-order chi connectivity index (χ0) is 33.1. The highest BCUT2D eigenvalue weighted by atomic mass is 16.2. The zero-order valence-corrected chi connectivity index (χ0v) is 27.4. The highest BCUT2D eigenvalue weighted by Gasteiger charge is 2.34. The van der Waals surface area contributed by atoms with Crippen molar-refractivity contribution in [2.75, 3.05) is 20.6 Å². The molecule has 0 spiro atoms. The number of carbonyl (C=O) groups excluding carboxylic acids is 3. The smallest absolute Gasteiger partial charge is 0.246 e. The summed E-state index contributed by atoms with van der Waals surface area (Å²) in [5.74, 6) is -0.849. The van der Waals surface area contributed by atoms with Gasteiger partial charge in [0.2, 0.25) is 17.7 Å². The first-order chi connectivity index (χ1) is 22.0. The summed E-state index contributed by atoms with van der Waals surface area (Å²) in [6.45, 7) is 4.23. The van der Waals surface area contributed by atoms with Crippen molar-refractivity contribution in [1.82, 2.24) is 15.1 Å². The van der Waals surface area contributed by atoms with Crippen molar-refractivity contribution in [3.8, 4) is 0 Å². The Labute approximate surface area is 273 Å². The predicted octanol–water partition coefficient (Wildman–Crippen LogP) is 5.32. The minimum atomic E-state index is -0.843. The highest BCUT2D eigenvalue weighted by molar-refractivity contribution is 5.95. The van der Waals surface area contributed by atoms with Gasteiger partial charge in [0.1, 0.15) is 12.1 Å². The van der Waals surface area contributed by atoms with E-state index < -0.39 is 17.6 Å². The summed E-state index contributed by atoms with van der Waals surface area (Å²) in [4.78, 5) is 44.6. The summed E-state index contributed by atoms with van der Waals surface area (Å²) in [5.41, 5.74) is 8.62. The lowest BCUT2D eigenvalue weighted by atomic mass is 9.98. The number of nitrogens with two attached hydrogens (primary N) is 1. The zero-order valence-electron chi connectivity index (χ0n) is 27.4. The number of nitrogens with zero attached hydrogens (tertiary/aromatic N) is 2. The van der Waals surface area contributed by atoms with Crippen LogP contribution in [0.5, 0.6) is 0 Å². The Morgan fingerprint density at radius 1 is 0.739 bits per heavy atom. The predicted molar refractivity (Wildman–Crippen MR) is 186 cm³/mol. The van der Waals surface area contributed by atoms with Crippen molar-refractivity contribution < 1.29 is 14.4 Å². The van der Waals surface area contributed by atoms with E-state index in [9.17, 15) is 14.4 Å². The third kappa shape index (κ3) is 9.88. The molecule has 46 heavy (non-hydrogen) atoms. The third-order valence-corrected chi connectivity index (χ3v) is 8.19. The van der Waals surface area contributed by atoms with Gasteiger partial charge in [-0.3, -0.25) is 14.4 Å². The molecular formula is C39H46N4O3. The number of nitrogens with one attached hydrogen (secondary N) is 1. The Morgan fingerprint density at radius 2 is 1.33 bits per heavy atom. The van der Waals surface area contributed by atoms with Crippen molar-refractivity contribution in [1.29, 1.82) is 0 Å². The van der Waals surface area contributed by atoms with E-state index in [1.165, 1.54) is 15.9 Å². The number of amides is 3. The lowest BCUT2D eigenvalue weighted by Gasteiger charge is -2.34. The number of hydrogen-bond donors (Lipinski definition) is 2. The van der Waals surface area contributed by atoms with E-state index >= 15 is 0 Å². The van der Waals surface area contributed by atoms with Gasteiger partial charge in [0, 0.05) is 39.0 Å². The SMILES string of the molecule is CN(C(=O)C=CCC(C)(C)N)[C@H](Cc1ccc2ccccc2c1)C(=O)N(C)[C@H](Cc1ccccc1)C(=O)NCCc1ccccc1. The van der Waals surface area contributed by atoms with Crippen LogP contribution in [-0.4, -0.2) is 65.8 Å². The van der Waals surface area contributed by atoms with Gasteiger partial charge in [-0.25, -0.2) is 0 Å². The molecule has 0 saturated carbocycles. The molecule has 0 fully saturated rings. The maximum absolute atomic E-state index is 14.4. The monoisotopic (exact) mass is 618 g/mol. The minimum Gasteiger partial charge on any atom is -0.354 e. The molecule has 0 heterocycles. The van der Waals surface area contributed by atoms with Gasteiger partial charge >= 0.3 is 0 Å². The molecule has 0 aromatic heterocycles. The third-order valence-electron chi connectivity index (χ3n) is 8.19. The topological polar surface area (TPSA) is 95.7 Å². The Morgan fingerprint density at radius 3 is 1.98 bits per heavy atom. The van der Waals surface area contributed by atoms with Crippen LogP contribution in [0.2, 0.25) is 0 Å². The second-order valence-corrected chi connectivity index (χ2v) is 12.6. The van der Waals surface area contributed by atoms with Gasteiger partial charge < -0.3 is 20.9 Å². The number of likely N-dealkylation sites (N-methyl/N-ethyl adjacent to an activating group) is 2. The second-order valence-electron chi connectivity index (χ2n) is 12.6. The summed E-state index contributed by atoms with van der Waals surface area (Å²) in [5, 5.41) is 5.20. The largest absolute Gasteiger partial charge is 0.354 e. The fourth-order valence-electron chi connectivity index (χ4n) is 5.44.